The number of ether oxygens (including phenoxy) is 1. The van der Waals surface area contributed by atoms with Crippen molar-refractivity contribution in [2.75, 3.05) is 6.54 Å². The first-order valence-electron chi connectivity index (χ1n) is 9.01. The SMILES string of the molecule is CC(=O)N(CCc1ccc(S(=O)(=O)NC(=O)OC(C)C)cc1)Oc1ccccc1. The van der Waals surface area contributed by atoms with E-state index in [-0.39, 0.29) is 17.3 Å². The van der Waals surface area contributed by atoms with Gasteiger partial charge in [0.2, 0.25) is 0 Å². The Labute approximate surface area is 170 Å². The molecule has 8 nitrogen and oxygen atoms in total. The number of carbonyl (C=O) groups excluding carboxylic acids is 2. The molecule has 0 fully saturated rings. The lowest BCUT2D eigenvalue weighted by Gasteiger charge is -2.21. The third-order valence-corrected chi connectivity index (χ3v) is 5.04. The van der Waals surface area contributed by atoms with Gasteiger partial charge in [0, 0.05) is 6.92 Å². The Morgan fingerprint density at radius 1 is 1.03 bits per heavy atom. The van der Waals surface area contributed by atoms with Gasteiger partial charge in [0.05, 0.1) is 17.5 Å². The van der Waals surface area contributed by atoms with Crippen molar-refractivity contribution in [2.45, 2.75) is 38.2 Å². The molecule has 1 N–H and O–H groups in total. The summed E-state index contributed by atoms with van der Waals surface area (Å²) in [6.07, 6.45) is -1.01. The minimum Gasteiger partial charge on any atom is -0.446 e. The number of nitrogens with zero attached hydrogens (tertiary/aromatic N) is 1. The topological polar surface area (TPSA) is 102 Å². The molecule has 0 aliphatic rings. The van der Waals surface area contributed by atoms with Gasteiger partial charge in [-0.05, 0) is 50.1 Å². The van der Waals surface area contributed by atoms with Gasteiger partial charge >= 0.3 is 6.09 Å². The molecule has 0 aromatic heterocycles. The highest BCUT2D eigenvalue weighted by atomic mass is 32.2. The van der Waals surface area contributed by atoms with E-state index in [0.29, 0.717) is 12.2 Å². The Morgan fingerprint density at radius 2 is 1.66 bits per heavy atom. The summed E-state index contributed by atoms with van der Waals surface area (Å²) < 4.78 is 31.1. The second-order valence-electron chi connectivity index (χ2n) is 6.48. The highest BCUT2D eigenvalue weighted by Crippen LogP contribution is 2.14. The monoisotopic (exact) mass is 420 g/mol. The molecule has 0 spiro atoms. The van der Waals surface area contributed by atoms with Gasteiger partial charge in [-0.15, -0.1) is 0 Å². The number of amides is 2. The van der Waals surface area contributed by atoms with E-state index in [1.54, 1.807) is 50.2 Å². The van der Waals surface area contributed by atoms with E-state index in [9.17, 15) is 18.0 Å². The van der Waals surface area contributed by atoms with E-state index < -0.39 is 22.2 Å². The Balaban J connectivity index is 1.98. The maximum absolute atomic E-state index is 12.2. The molecule has 0 atom stereocenters. The molecule has 2 amide bonds. The summed E-state index contributed by atoms with van der Waals surface area (Å²) in [5, 5.41) is 1.24. The van der Waals surface area contributed by atoms with Crippen molar-refractivity contribution in [1.29, 1.82) is 0 Å². The van der Waals surface area contributed by atoms with Gasteiger partial charge in [0.25, 0.3) is 15.9 Å². The Bertz CT molecular complexity index is 927. The van der Waals surface area contributed by atoms with Crippen molar-refractivity contribution >= 4 is 22.0 Å². The molecule has 0 heterocycles. The molecule has 0 radical (unpaired) electrons. The van der Waals surface area contributed by atoms with E-state index in [4.69, 9.17) is 9.57 Å². The number of rotatable bonds is 8. The average Bonchev–Trinajstić information content (AvgIpc) is 2.65. The first-order chi connectivity index (χ1) is 13.7. The minimum absolute atomic E-state index is 0.0640. The highest BCUT2D eigenvalue weighted by Gasteiger charge is 2.19. The van der Waals surface area contributed by atoms with Crippen LogP contribution in [0.25, 0.3) is 0 Å². The van der Waals surface area contributed by atoms with Crippen molar-refractivity contribution in [3.05, 3.63) is 60.2 Å². The van der Waals surface area contributed by atoms with Crippen LogP contribution in [0.4, 0.5) is 4.79 Å². The lowest BCUT2D eigenvalue weighted by atomic mass is 10.1. The summed E-state index contributed by atoms with van der Waals surface area (Å²) in [4.78, 5) is 28.9. The van der Waals surface area contributed by atoms with Crippen molar-refractivity contribution in [3.63, 3.8) is 0 Å². The van der Waals surface area contributed by atoms with Gasteiger partial charge in [-0.1, -0.05) is 30.3 Å². The smallest absolute Gasteiger partial charge is 0.421 e. The minimum atomic E-state index is -4.02. The zero-order valence-corrected chi connectivity index (χ0v) is 17.3. The van der Waals surface area contributed by atoms with E-state index in [1.165, 1.54) is 24.1 Å². The van der Waals surface area contributed by atoms with Crippen LogP contribution in [0.3, 0.4) is 0 Å². The summed E-state index contributed by atoms with van der Waals surface area (Å²) in [6, 6.07) is 14.9. The first kappa shape index (κ1) is 22.2. The molecule has 0 saturated heterocycles. The van der Waals surface area contributed by atoms with Crippen LogP contribution in [-0.2, 0) is 26.0 Å². The maximum Gasteiger partial charge on any atom is 0.421 e. The zero-order chi connectivity index (χ0) is 21.4. The first-order valence-corrected chi connectivity index (χ1v) is 10.5. The summed E-state index contributed by atoms with van der Waals surface area (Å²) in [5.41, 5.74) is 0.802. The van der Waals surface area contributed by atoms with Crippen molar-refractivity contribution in [2.24, 2.45) is 0 Å². The Kier molecular flexibility index (Phi) is 7.60. The predicted molar refractivity (Wildman–Crippen MR) is 107 cm³/mol. The summed E-state index contributed by atoms with van der Waals surface area (Å²) in [5.74, 6) is 0.296. The van der Waals surface area contributed by atoms with Crippen LogP contribution in [-0.4, -0.2) is 38.1 Å². The van der Waals surface area contributed by atoms with E-state index in [2.05, 4.69) is 0 Å². The fourth-order valence-corrected chi connectivity index (χ4v) is 3.23. The fraction of sp³-hybridized carbons (Fsp3) is 0.300. The molecule has 0 aliphatic heterocycles. The quantitative estimate of drug-likeness (QED) is 0.659. The van der Waals surface area contributed by atoms with Gasteiger partial charge in [-0.2, -0.15) is 5.06 Å². The summed E-state index contributed by atoms with van der Waals surface area (Å²) in [7, 11) is -4.02. The molecule has 0 bridgehead atoms. The maximum atomic E-state index is 12.2. The number of hydrogen-bond acceptors (Lipinski definition) is 6. The normalized spacial score (nSPS) is 11.0. The lowest BCUT2D eigenvalue weighted by Crippen LogP contribution is -2.34. The van der Waals surface area contributed by atoms with Crippen LogP contribution >= 0.6 is 0 Å². The third-order valence-electron chi connectivity index (χ3n) is 3.71. The number of hydroxylamine groups is 2. The van der Waals surface area contributed by atoms with E-state index >= 15 is 0 Å². The van der Waals surface area contributed by atoms with E-state index in [0.717, 1.165) is 5.56 Å². The summed E-state index contributed by atoms with van der Waals surface area (Å²) >= 11 is 0. The van der Waals surface area contributed by atoms with Crippen LogP contribution in [0.5, 0.6) is 5.75 Å². The van der Waals surface area contributed by atoms with Crippen LogP contribution in [0.2, 0.25) is 0 Å². The molecule has 29 heavy (non-hydrogen) atoms. The third kappa shape index (κ3) is 7.11. The molecule has 0 unspecified atom stereocenters. The molecular weight excluding hydrogens is 396 g/mol. The van der Waals surface area contributed by atoms with Crippen LogP contribution in [0.15, 0.2) is 59.5 Å². The van der Waals surface area contributed by atoms with Crippen LogP contribution in [0, 0.1) is 0 Å². The van der Waals surface area contributed by atoms with Crippen molar-refractivity contribution in [1.82, 2.24) is 9.79 Å². The van der Waals surface area contributed by atoms with Gasteiger partial charge in [0.15, 0.2) is 5.75 Å². The molecular formula is C20H24N2O6S. The molecule has 9 heteroatoms. The number of hydrogen-bond donors (Lipinski definition) is 1. The molecule has 156 valence electrons. The van der Waals surface area contributed by atoms with Crippen LogP contribution in [0.1, 0.15) is 26.3 Å². The molecule has 2 rings (SSSR count). The standard InChI is InChI=1S/C20H24N2O6S/c1-15(2)27-20(24)21-29(25,26)19-11-9-17(10-12-19)13-14-22(16(3)23)28-18-7-5-4-6-8-18/h4-12,15H,13-14H2,1-3H3,(H,21,24). The van der Waals surface area contributed by atoms with Crippen LogP contribution < -0.4 is 9.56 Å². The Hall–Kier alpha value is -3.07. The fourth-order valence-electron chi connectivity index (χ4n) is 2.35. The molecule has 0 saturated carbocycles. The largest absolute Gasteiger partial charge is 0.446 e. The van der Waals surface area contributed by atoms with Crippen molar-refractivity contribution in [3.8, 4) is 5.75 Å². The predicted octanol–water partition coefficient (Wildman–Crippen LogP) is 2.89. The summed E-state index contributed by atoms with van der Waals surface area (Å²) in [6.45, 7) is 4.93. The van der Waals surface area contributed by atoms with Gasteiger partial charge in [0.1, 0.15) is 0 Å². The van der Waals surface area contributed by atoms with Gasteiger partial charge < -0.3 is 9.57 Å². The second-order valence-corrected chi connectivity index (χ2v) is 8.16. The van der Waals surface area contributed by atoms with Crippen molar-refractivity contribution < 1.29 is 27.6 Å². The molecule has 0 aliphatic carbocycles. The molecule has 2 aromatic carbocycles. The van der Waals surface area contributed by atoms with E-state index in [1.807, 2.05) is 10.8 Å². The zero-order valence-electron chi connectivity index (χ0n) is 16.5. The average molecular weight is 420 g/mol. The number of sulfonamides is 1. The number of para-hydroxylation sites is 1. The molecule has 2 aromatic rings. The number of benzene rings is 2. The lowest BCUT2D eigenvalue weighted by molar-refractivity contribution is -0.154. The second kappa shape index (κ2) is 9.92. The number of nitrogens with one attached hydrogen (secondary N) is 1. The Morgan fingerprint density at radius 3 is 2.21 bits per heavy atom. The number of carbonyl (C=O) groups is 2. The van der Waals surface area contributed by atoms with Gasteiger partial charge in [-0.3, -0.25) is 4.79 Å². The highest BCUT2D eigenvalue weighted by molar-refractivity contribution is 7.90. The van der Waals surface area contributed by atoms with Gasteiger partial charge in [-0.25, -0.2) is 17.9 Å².